The van der Waals surface area contributed by atoms with Crippen molar-refractivity contribution in [1.82, 2.24) is 4.31 Å². The van der Waals surface area contributed by atoms with Crippen LogP contribution in [-0.4, -0.2) is 25.6 Å². The van der Waals surface area contributed by atoms with Crippen molar-refractivity contribution >= 4 is 15.8 Å². The van der Waals surface area contributed by atoms with Crippen molar-refractivity contribution in [3.63, 3.8) is 0 Å². The summed E-state index contributed by atoms with van der Waals surface area (Å²) in [6.45, 7) is 3.73. The molecule has 0 N–H and O–H groups in total. The number of hydrogen-bond acceptors (Lipinski definition) is 3. The van der Waals surface area contributed by atoms with Gasteiger partial charge in [-0.25, -0.2) is 8.42 Å². The molecule has 2 rings (SSSR count). The molecule has 0 amide bonds. The summed E-state index contributed by atoms with van der Waals surface area (Å²) < 4.78 is 26.4. The van der Waals surface area contributed by atoms with Gasteiger partial charge in [0.05, 0.1) is 4.90 Å². The van der Waals surface area contributed by atoms with Gasteiger partial charge in [-0.05, 0) is 31.5 Å². The number of Topliss-reactive ketones (excluding diaryl/α,β-unsaturated/α-hetero) is 1. The van der Waals surface area contributed by atoms with E-state index in [0.29, 0.717) is 12.1 Å². The quantitative estimate of drug-likeness (QED) is 0.797. The summed E-state index contributed by atoms with van der Waals surface area (Å²) >= 11 is 0. The minimum absolute atomic E-state index is 0.0861. The van der Waals surface area contributed by atoms with Crippen molar-refractivity contribution in [3.8, 4) is 0 Å². The number of hydrogen-bond donors (Lipinski definition) is 0. The van der Waals surface area contributed by atoms with E-state index < -0.39 is 10.0 Å². The average molecular weight is 317 g/mol. The highest BCUT2D eigenvalue weighted by atomic mass is 32.2. The second-order valence-electron chi connectivity index (χ2n) is 5.33. The van der Waals surface area contributed by atoms with Crippen molar-refractivity contribution in [2.24, 2.45) is 0 Å². The molecule has 0 saturated carbocycles. The maximum atomic E-state index is 12.5. The number of benzene rings is 2. The Hall–Kier alpha value is -1.98. The molecule has 0 aromatic heterocycles. The third-order valence-electron chi connectivity index (χ3n) is 3.46. The van der Waals surface area contributed by atoms with Crippen LogP contribution in [-0.2, 0) is 16.6 Å². The van der Waals surface area contributed by atoms with E-state index in [0.717, 1.165) is 11.1 Å². The zero-order valence-electron chi connectivity index (χ0n) is 12.9. The third-order valence-corrected chi connectivity index (χ3v) is 5.27. The fraction of sp³-hybridized carbons (Fsp3) is 0.235. The highest BCUT2D eigenvalue weighted by Gasteiger charge is 2.21. The standard InChI is InChI=1S/C17H19NO3S/c1-13-5-4-6-15(11-13)12-18(3)22(20,21)17-9-7-16(8-10-17)14(2)19/h4-11H,12H2,1-3H3. The molecule has 2 aromatic carbocycles. The van der Waals surface area contributed by atoms with Gasteiger partial charge in [-0.3, -0.25) is 4.79 Å². The van der Waals surface area contributed by atoms with Gasteiger partial charge >= 0.3 is 0 Å². The molecule has 0 aliphatic rings. The van der Waals surface area contributed by atoms with Gasteiger partial charge in [0.15, 0.2) is 5.78 Å². The van der Waals surface area contributed by atoms with Gasteiger partial charge in [0.2, 0.25) is 10.0 Å². The predicted molar refractivity (Wildman–Crippen MR) is 86.3 cm³/mol. The van der Waals surface area contributed by atoms with Crippen LogP contribution in [0.15, 0.2) is 53.4 Å². The molecular weight excluding hydrogens is 298 g/mol. The number of rotatable bonds is 5. The topological polar surface area (TPSA) is 54.5 Å². The second kappa shape index (κ2) is 6.42. The van der Waals surface area contributed by atoms with E-state index in [2.05, 4.69) is 0 Å². The molecule has 116 valence electrons. The van der Waals surface area contributed by atoms with Crippen molar-refractivity contribution in [2.75, 3.05) is 7.05 Å². The molecule has 0 aliphatic heterocycles. The zero-order chi connectivity index (χ0) is 16.3. The summed E-state index contributed by atoms with van der Waals surface area (Å²) in [6.07, 6.45) is 0. The number of carbonyl (C=O) groups is 1. The predicted octanol–water partition coefficient (Wildman–Crippen LogP) is 3.02. The summed E-state index contributed by atoms with van der Waals surface area (Å²) in [5.41, 5.74) is 2.53. The summed E-state index contributed by atoms with van der Waals surface area (Å²) in [5.74, 6) is -0.0861. The van der Waals surface area contributed by atoms with Gasteiger partial charge in [-0.2, -0.15) is 4.31 Å². The first kappa shape index (κ1) is 16.4. The lowest BCUT2D eigenvalue weighted by molar-refractivity contribution is 0.101. The van der Waals surface area contributed by atoms with Crippen LogP contribution >= 0.6 is 0 Å². The fourth-order valence-electron chi connectivity index (χ4n) is 2.19. The second-order valence-corrected chi connectivity index (χ2v) is 7.38. The van der Waals surface area contributed by atoms with Gasteiger partial charge in [-0.1, -0.05) is 42.0 Å². The zero-order valence-corrected chi connectivity index (χ0v) is 13.7. The van der Waals surface area contributed by atoms with Gasteiger partial charge in [0, 0.05) is 19.2 Å². The Morgan fingerprint density at radius 1 is 1.09 bits per heavy atom. The van der Waals surface area contributed by atoms with E-state index in [1.54, 1.807) is 7.05 Å². The molecule has 0 atom stereocenters. The maximum absolute atomic E-state index is 12.5. The Bertz CT molecular complexity index is 780. The lowest BCUT2D eigenvalue weighted by Crippen LogP contribution is -2.26. The monoisotopic (exact) mass is 317 g/mol. The number of carbonyl (C=O) groups excluding carboxylic acids is 1. The van der Waals surface area contributed by atoms with E-state index in [-0.39, 0.29) is 10.7 Å². The molecule has 0 bridgehead atoms. The Morgan fingerprint density at radius 2 is 1.73 bits per heavy atom. The number of sulfonamides is 1. The highest BCUT2D eigenvalue weighted by Crippen LogP contribution is 2.18. The maximum Gasteiger partial charge on any atom is 0.243 e. The summed E-state index contributed by atoms with van der Waals surface area (Å²) in [4.78, 5) is 11.4. The summed E-state index contributed by atoms with van der Waals surface area (Å²) in [6, 6.07) is 13.8. The molecule has 2 aromatic rings. The van der Waals surface area contributed by atoms with Crippen LogP contribution in [0.25, 0.3) is 0 Å². The van der Waals surface area contributed by atoms with Crippen molar-refractivity contribution < 1.29 is 13.2 Å². The van der Waals surface area contributed by atoms with Crippen LogP contribution in [0.1, 0.15) is 28.4 Å². The van der Waals surface area contributed by atoms with E-state index in [4.69, 9.17) is 0 Å². The molecule has 22 heavy (non-hydrogen) atoms. The Morgan fingerprint density at radius 3 is 2.27 bits per heavy atom. The molecular formula is C17H19NO3S. The van der Waals surface area contributed by atoms with Crippen LogP contribution in [0.5, 0.6) is 0 Å². The van der Waals surface area contributed by atoms with Gasteiger partial charge in [0.1, 0.15) is 0 Å². The molecule has 0 unspecified atom stereocenters. The molecule has 0 fully saturated rings. The number of nitrogens with zero attached hydrogens (tertiary/aromatic N) is 1. The Kier molecular flexibility index (Phi) is 4.78. The summed E-state index contributed by atoms with van der Waals surface area (Å²) in [7, 11) is -2.02. The van der Waals surface area contributed by atoms with Crippen LogP contribution in [0, 0.1) is 6.92 Å². The lowest BCUT2D eigenvalue weighted by atomic mass is 10.1. The highest BCUT2D eigenvalue weighted by molar-refractivity contribution is 7.89. The van der Waals surface area contributed by atoms with E-state index in [1.807, 2.05) is 31.2 Å². The third kappa shape index (κ3) is 3.61. The van der Waals surface area contributed by atoms with Crippen LogP contribution in [0.4, 0.5) is 0 Å². The SMILES string of the molecule is CC(=O)c1ccc(S(=O)(=O)N(C)Cc2cccc(C)c2)cc1. The fourth-order valence-corrected chi connectivity index (χ4v) is 3.35. The van der Waals surface area contributed by atoms with Gasteiger partial charge in [0.25, 0.3) is 0 Å². The van der Waals surface area contributed by atoms with Crippen LogP contribution in [0.3, 0.4) is 0 Å². The first-order valence-electron chi connectivity index (χ1n) is 6.93. The minimum atomic E-state index is -3.57. The van der Waals surface area contributed by atoms with E-state index in [9.17, 15) is 13.2 Å². The Balaban J connectivity index is 2.23. The Labute approximate surface area is 131 Å². The normalized spacial score (nSPS) is 11.6. The van der Waals surface area contributed by atoms with Crippen LogP contribution in [0.2, 0.25) is 0 Å². The first-order chi connectivity index (χ1) is 10.3. The van der Waals surface area contributed by atoms with Gasteiger partial charge < -0.3 is 0 Å². The average Bonchev–Trinajstić information content (AvgIpc) is 2.47. The molecule has 0 aliphatic carbocycles. The van der Waals surface area contributed by atoms with E-state index >= 15 is 0 Å². The first-order valence-corrected chi connectivity index (χ1v) is 8.37. The molecule has 0 radical (unpaired) electrons. The molecule has 0 heterocycles. The van der Waals surface area contributed by atoms with Crippen molar-refractivity contribution in [1.29, 1.82) is 0 Å². The van der Waals surface area contributed by atoms with E-state index in [1.165, 1.54) is 35.5 Å². The molecule has 5 heteroatoms. The number of aryl methyl sites for hydroxylation is 1. The molecule has 0 saturated heterocycles. The largest absolute Gasteiger partial charge is 0.295 e. The minimum Gasteiger partial charge on any atom is -0.295 e. The van der Waals surface area contributed by atoms with Crippen molar-refractivity contribution in [2.45, 2.75) is 25.3 Å². The summed E-state index contributed by atoms with van der Waals surface area (Å²) in [5, 5.41) is 0. The van der Waals surface area contributed by atoms with Crippen molar-refractivity contribution in [3.05, 3.63) is 65.2 Å². The number of ketones is 1. The molecule has 4 nitrogen and oxygen atoms in total. The lowest BCUT2D eigenvalue weighted by Gasteiger charge is -2.17. The van der Waals surface area contributed by atoms with Crippen LogP contribution < -0.4 is 0 Å². The van der Waals surface area contributed by atoms with Gasteiger partial charge in [-0.15, -0.1) is 0 Å². The smallest absolute Gasteiger partial charge is 0.243 e. The molecule has 0 spiro atoms.